The second-order valence-electron chi connectivity index (χ2n) is 4.32. The summed E-state index contributed by atoms with van der Waals surface area (Å²) in [6, 6.07) is 17.8. The molecule has 0 fully saturated rings. The molecule has 0 N–H and O–H groups in total. The summed E-state index contributed by atoms with van der Waals surface area (Å²) in [5, 5.41) is 8.29. The smallest absolute Gasteiger partial charge is 0.144 e. The van der Waals surface area contributed by atoms with Gasteiger partial charge in [-0.15, -0.1) is 5.10 Å². The fourth-order valence-corrected chi connectivity index (χ4v) is 2.05. The number of hydrogen-bond donors (Lipinski definition) is 0. The van der Waals surface area contributed by atoms with Crippen LogP contribution in [0.3, 0.4) is 0 Å². The van der Waals surface area contributed by atoms with Crippen molar-refractivity contribution in [2.75, 3.05) is 6.61 Å². The number of hydrogen-bond acceptors (Lipinski definition) is 3. The molecule has 2 aromatic carbocycles. The van der Waals surface area contributed by atoms with Crippen LogP contribution in [0.5, 0.6) is 0 Å². The fraction of sp³-hybridized carbons (Fsp3) is 0.125. The van der Waals surface area contributed by atoms with Gasteiger partial charge in [0, 0.05) is 5.56 Å². The first-order chi connectivity index (χ1) is 9.88. The zero-order valence-electron chi connectivity index (χ0n) is 11.2. The maximum Gasteiger partial charge on any atom is 0.144 e. The lowest BCUT2D eigenvalue weighted by Crippen LogP contribution is -1.96. The molecule has 4 heteroatoms. The van der Waals surface area contributed by atoms with Crippen LogP contribution >= 0.6 is 0 Å². The molecule has 100 valence electrons. The molecule has 0 atom stereocenters. The van der Waals surface area contributed by atoms with Crippen LogP contribution in [0.4, 0.5) is 0 Å². The number of para-hydroxylation sites is 1. The SMILES string of the molecule is CCO/C(=C/n1nnc2ccccc21)c1ccccc1. The van der Waals surface area contributed by atoms with Gasteiger partial charge < -0.3 is 4.74 Å². The predicted octanol–water partition coefficient (Wildman–Crippen LogP) is 3.42. The number of fused-ring (bicyclic) bond motifs is 1. The highest BCUT2D eigenvalue weighted by Crippen LogP contribution is 2.18. The van der Waals surface area contributed by atoms with E-state index in [0.717, 1.165) is 22.4 Å². The van der Waals surface area contributed by atoms with E-state index in [1.54, 1.807) is 4.68 Å². The van der Waals surface area contributed by atoms with Gasteiger partial charge in [0.25, 0.3) is 0 Å². The highest BCUT2D eigenvalue weighted by atomic mass is 16.5. The second-order valence-corrected chi connectivity index (χ2v) is 4.32. The monoisotopic (exact) mass is 265 g/mol. The van der Waals surface area contributed by atoms with Crippen LogP contribution in [-0.4, -0.2) is 21.6 Å². The summed E-state index contributed by atoms with van der Waals surface area (Å²) in [7, 11) is 0. The first kappa shape index (κ1) is 12.4. The molecule has 0 saturated heterocycles. The summed E-state index contributed by atoms with van der Waals surface area (Å²) >= 11 is 0. The first-order valence-electron chi connectivity index (χ1n) is 6.58. The highest BCUT2D eigenvalue weighted by Gasteiger charge is 2.05. The summed E-state index contributed by atoms with van der Waals surface area (Å²) in [4.78, 5) is 0. The molecule has 0 aliphatic heterocycles. The maximum atomic E-state index is 5.72. The van der Waals surface area contributed by atoms with Crippen molar-refractivity contribution in [3.05, 3.63) is 60.2 Å². The van der Waals surface area contributed by atoms with E-state index in [9.17, 15) is 0 Å². The number of aromatic nitrogens is 3. The van der Waals surface area contributed by atoms with E-state index < -0.39 is 0 Å². The molecule has 20 heavy (non-hydrogen) atoms. The summed E-state index contributed by atoms with van der Waals surface area (Å²) in [6.45, 7) is 2.57. The van der Waals surface area contributed by atoms with Crippen molar-refractivity contribution in [3.63, 3.8) is 0 Å². The van der Waals surface area contributed by atoms with Crippen molar-refractivity contribution >= 4 is 23.0 Å². The third-order valence-electron chi connectivity index (χ3n) is 2.98. The zero-order valence-corrected chi connectivity index (χ0v) is 11.2. The Morgan fingerprint density at radius 2 is 1.85 bits per heavy atom. The van der Waals surface area contributed by atoms with Gasteiger partial charge in [0.15, 0.2) is 0 Å². The van der Waals surface area contributed by atoms with Gasteiger partial charge in [0.05, 0.1) is 18.3 Å². The van der Waals surface area contributed by atoms with Gasteiger partial charge in [-0.25, -0.2) is 4.68 Å². The topological polar surface area (TPSA) is 39.9 Å². The fourth-order valence-electron chi connectivity index (χ4n) is 2.05. The molecule has 0 amide bonds. The Kier molecular flexibility index (Phi) is 3.46. The molecule has 0 saturated carbocycles. The molecule has 1 aromatic heterocycles. The van der Waals surface area contributed by atoms with E-state index >= 15 is 0 Å². The van der Waals surface area contributed by atoms with Crippen molar-refractivity contribution in [2.45, 2.75) is 6.92 Å². The molecule has 0 spiro atoms. The van der Waals surface area contributed by atoms with E-state index in [0.29, 0.717) is 6.61 Å². The van der Waals surface area contributed by atoms with Crippen molar-refractivity contribution in [2.24, 2.45) is 0 Å². The molecule has 0 radical (unpaired) electrons. The molecular weight excluding hydrogens is 250 g/mol. The van der Waals surface area contributed by atoms with Crippen LogP contribution < -0.4 is 0 Å². The minimum absolute atomic E-state index is 0.605. The lowest BCUT2D eigenvalue weighted by atomic mass is 10.2. The van der Waals surface area contributed by atoms with Gasteiger partial charge >= 0.3 is 0 Å². The third-order valence-corrected chi connectivity index (χ3v) is 2.98. The van der Waals surface area contributed by atoms with Crippen molar-refractivity contribution in [3.8, 4) is 0 Å². The summed E-state index contributed by atoms with van der Waals surface area (Å²) in [5.41, 5.74) is 2.85. The standard InChI is InChI=1S/C16H15N3O/c1-2-20-16(13-8-4-3-5-9-13)12-19-15-11-7-6-10-14(15)17-18-19/h3-12H,2H2,1H3/b16-12+. The van der Waals surface area contributed by atoms with Gasteiger partial charge in [-0.3, -0.25) is 0 Å². The molecule has 0 unspecified atom stereocenters. The Morgan fingerprint density at radius 3 is 2.65 bits per heavy atom. The summed E-state index contributed by atoms with van der Waals surface area (Å²) < 4.78 is 7.47. The summed E-state index contributed by atoms with van der Waals surface area (Å²) in [5.74, 6) is 0.781. The van der Waals surface area contributed by atoms with E-state index in [1.165, 1.54) is 0 Å². The van der Waals surface area contributed by atoms with Crippen LogP contribution in [0.25, 0.3) is 23.0 Å². The van der Waals surface area contributed by atoms with Gasteiger partial charge in [0.2, 0.25) is 0 Å². The molecular formula is C16H15N3O. The quantitative estimate of drug-likeness (QED) is 0.678. The molecule has 0 bridgehead atoms. The molecule has 4 nitrogen and oxygen atoms in total. The second kappa shape index (κ2) is 5.57. The van der Waals surface area contributed by atoms with Crippen molar-refractivity contribution in [1.82, 2.24) is 15.0 Å². The van der Waals surface area contributed by atoms with Gasteiger partial charge in [-0.2, -0.15) is 0 Å². The molecule has 1 heterocycles. The maximum absolute atomic E-state index is 5.72. The molecule has 0 aliphatic carbocycles. The lowest BCUT2D eigenvalue weighted by molar-refractivity contribution is 0.299. The molecule has 3 rings (SSSR count). The van der Waals surface area contributed by atoms with Crippen LogP contribution in [0, 0.1) is 0 Å². The van der Waals surface area contributed by atoms with Crippen molar-refractivity contribution < 1.29 is 4.74 Å². The highest BCUT2D eigenvalue weighted by molar-refractivity contribution is 5.79. The van der Waals surface area contributed by atoms with Gasteiger partial charge in [-0.05, 0) is 19.1 Å². The number of benzene rings is 2. The Balaban J connectivity index is 2.07. The Labute approximate surface area is 117 Å². The summed E-state index contributed by atoms with van der Waals surface area (Å²) in [6.07, 6.45) is 1.87. The Morgan fingerprint density at radius 1 is 1.10 bits per heavy atom. The largest absolute Gasteiger partial charge is 0.492 e. The van der Waals surface area contributed by atoms with Crippen LogP contribution in [-0.2, 0) is 4.74 Å². The van der Waals surface area contributed by atoms with Gasteiger partial charge in [0.1, 0.15) is 11.3 Å². The molecule has 3 aromatic rings. The van der Waals surface area contributed by atoms with Crippen LogP contribution in [0.1, 0.15) is 12.5 Å². The average molecular weight is 265 g/mol. The predicted molar refractivity (Wildman–Crippen MR) is 79.8 cm³/mol. The van der Waals surface area contributed by atoms with E-state index in [-0.39, 0.29) is 0 Å². The normalized spacial score (nSPS) is 11.8. The zero-order chi connectivity index (χ0) is 13.8. The average Bonchev–Trinajstić information content (AvgIpc) is 2.91. The molecule has 0 aliphatic rings. The first-order valence-corrected chi connectivity index (χ1v) is 6.58. The van der Waals surface area contributed by atoms with Crippen LogP contribution in [0.15, 0.2) is 54.6 Å². The number of nitrogens with zero attached hydrogens (tertiary/aromatic N) is 3. The lowest BCUT2D eigenvalue weighted by Gasteiger charge is -2.08. The van der Waals surface area contributed by atoms with Gasteiger partial charge in [-0.1, -0.05) is 47.7 Å². The Bertz CT molecular complexity index is 732. The number of rotatable bonds is 4. The van der Waals surface area contributed by atoms with Crippen LogP contribution in [0.2, 0.25) is 0 Å². The minimum atomic E-state index is 0.605. The third kappa shape index (κ3) is 2.40. The minimum Gasteiger partial charge on any atom is -0.492 e. The van der Waals surface area contributed by atoms with E-state index in [1.807, 2.05) is 67.7 Å². The van der Waals surface area contributed by atoms with E-state index in [4.69, 9.17) is 4.74 Å². The Hall–Kier alpha value is -2.62. The van der Waals surface area contributed by atoms with Crippen molar-refractivity contribution in [1.29, 1.82) is 0 Å². The number of ether oxygens (including phenoxy) is 1. The van der Waals surface area contributed by atoms with E-state index in [2.05, 4.69) is 10.3 Å².